The Labute approximate surface area is 152 Å². The Balaban J connectivity index is 1.90. The zero-order chi connectivity index (χ0) is 18.0. The van der Waals surface area contributed by atoms with Gasteiger partial charge in [-0.15, -0.1) is 11.8 Å². The van der Waals surface area contributed by atoms with Crippen molar-refractivity contribution in [3.05, 3.63) is 48.2 Å². The molecule has 0 fully saturated rings. The van der Waals surface area contributed by atoms with Gasteiger partial charge in [0.15, 0.2) is 0 Å². The lowest BCUT2D eigenvalue weighted by molar-refractivity contribution is -0.137. The molecule has 25 heavy (non-hydrogen) atoms. The van der Waals surface area contributed by atoms with Gasteiger partial charge < -0.3 is 9.72 Å². The number of nitrogens with zero attached hydrogens (tertiary/aromatic N) is 1. The van der Waals surface area contributed by atoms with Crippen LogP contribution in [0.25, 0.3) is 22.3 Å². The Bertz CT molecular complexity index is 909. The molecule has 5 heteroatoms. The van der Waals surface area contributed by atoms with Gasteiger partial charge in [-0.05, 0) is 47.4 Å². The lowest BCUT2D eigenvalue weighted by atomic mass is 9.87. The summed E-state index contributed by atoms with van der Waals surface area (Å²) in [5.41, 5.74) is 4.33. The third-order valence-corrected chi connectivity index (χ3v) is 5.05. The number of pyridine rings is 1. The van der Waals surface area contributed by atoms with Crippen LogP contribution in [0.15, 0.2) is 47.5 Å². The molecule has 1 aromatic carbocycles. The number of nitrogens with one attached hydrogen (secondary N) is 1. The second kappa shape index (κ2) is 6.92. The molecule has 0 radical (unpaired) electrons. The van der Waals surface area contributed by atoms with Crippen LogP contribution >= 0.6 is 11.8 Å². The molecule has 0 amide bonds. The highest BCUT2D eigenvalue weighted by Crippen LogP contribution is 2.29. The van der Waals surface area contributed by atoms with E-state index >= 15 is 0 Å². The van der Waals surface area contributed by atoms with Crippen molar-refractivity contribution in [2.24, 2.45) is 0 Å². The first-order chi connectivity index (χ1) is 11.9. The molecule has 0 saturated heterocycles. The molecule has 4 nitrogen and oxygen atoms in total. The first-order valence-corrected chi connectivity index (χ1v) is 9.14. The van der Waals surface area contributed by atoms with Gasteiger partial charge in [-0.1, -0.05) is 20.8 Å². The van der Waals surface area contributed by atoms with Crippen molar-refractivity contribution in [2.45, 2.75) is 31.1 Å². The van der Waals surface area contributed by atoms with Crippen molar-refractivity contribution in [1.82, 2.24) is 9.97 Å². The van der Waals surface area contributed by atoms with Crippen LogP contribution in [-0.4, -0.2) is 28.8 Å². The largest absolute Gasteiger partial charge is 0.468 e. The number of H-pyrrole nitrogens is 1. The van der Waals surface area contributed by atoms with E-state index in [0.717, 1.165) is 27.2 Å². The quantitative estimate of drug-likeness (QED) is 0.540. The molecule has 2 aromatic heterocycles. The summed E-state index contributed by atoms with van der Waals surface area (Å²) >= 11 is 1.47. The van der Waals surface area contributed by atoms with E-state index in [1.807, 2.05) is 18.3 Å². The van der Waals surface area contributed by atoms with Gasteiger partial charge in [0.1, 0.15) is 0 Å². The lowest BCUT2D eigenvalue weighted by Gasteiger charge is -2.19. The van der Waals surface area contributed by atoms with Crippen molar-refractivity contribution in [2.75, 3.05) is 12.9 Å². The summed E-state index contributed by atoms with van der Waals surface area (Å²) in [5, 5.41) is 1.10. The van der Waals surface area contributed by atoms with E-state index in [-0.39, 0.29) is 11.4 Å². The van der Waals surface area contributed by atoms with Gasteiger partial charge in [0.2, 0.25) is 0 Å². The molecule has 0 bridgehead atoms. The zero-order valence-electron chi connectivity index (χ0n) is 14.9. The zero-order valence-corrected chi connectivity index (χ0v) is 15.7. The van der Waals surface area contributed by atoms with Crippen molar-refractivity contribution in [1.29, 1.82) is 0 Å². The number of methoxy groups -OCH3 is 1. The number of rotatable bonds is 4. The summed E-state index contributed by atoms with van der Waals surface area (Å²) < 4.78 is 4.69. The molecule has 0 aliphatic carbocycles. The molecule has 3 rings (SSSR count). The van der Waals surface area contributed by atoms with Crippen LogP contribution in [0.2, 0.25) is 0 Å². The Morgan fingerprint density at radius 3 is 2.72 bits per heavy atom. The summed E-state index contributed by atoms with van der Waals surface area (Å²) in [6.07, 6.45) is 1.86. The van der Waals surface area contributed by atoms with E-state index in [1.54, 1.807) is 0 Å². The minimum atomic E-state index is -0.219. The van der Waals surface area contributed by atoms with Crippen LogP contribution in [0.5, 0.6) is 0 Å². The molecule has 2 heterocycles. The van der Waals surface area contributed by atoms with E-state index in [1.165, 1.54) is 24.4 Å². The standard InChI is InChI=1S/C20H22N2O2S/c1-20(2,3)14-7-8-21-17(11-14)18-10-13-9-15(5-6-16(13)22-18)25-12-19(23)24-4/h5-11,22H,12H2,1-4H3. The summed E-state index contributed by atoms with van der Waals surface area (Å²) in [4.78, 5) is 20.3. The highest BCUT2D eigenvalue weighted by atomic mass is 32.2. The van der Waals surface area contributed by atoms with Crippen LogP contribution in [0.1, 0.15) is 26.3 Å². The predicted molar refractivity (Wildman–Crippen MR) is 103 cm³/mol. The average Bonchev–Trinajstić information content (AvgIpc) is 3.02. The minimum Gasteiger partial charge on any atom is -0.468 e. The number of thioether (sulfide) groups is 1. The number of aromatic nitrogens is 2. The molecular weight excluding hydrogens is 332 g/mol. The molecule has 0 saturated carbocycles. The molecule has 0 spiro atoms. The lowest BCUT2D eigenvalue weighted by Crippen LogP contribution is -2.11. The van der Waals surface area contributed by atoms with Crippen molar-refractivity contribution >= 4 is 28.6 Å². The molecule has 0 aliphatic heterocycles. The summed E-state index contributed by atoms with van der Waals surface area (Å²) in [6.45, 7) is 6.59. The normalized spacial score (nSPS) is 11.7. The van der Waals surface area contributed by atoms with Gasteiger partial charge in [-0.3, -0.25) is 9.78 Å². The SMILES string of the molecule is COC(=O)CSc1ccc2[nH]c(-c3cc(C(C)(C)C)ccn3)cc2c1. The van der Waals surface area contributed by atoms with Crippen LogP contribution in [0.4, 0.5) is 0 Å². The maximum Gasteiger partial charge on any atom is 0.315 e. The van der Waals surface area contributed by atoms with Crippen LogP contribution < -0.4 is 0 Å². The van der Waals surface area contributed by atoms with Crippen LogP contribution in [0.3, 0.4) is 0 Å². The first kappa shape index (κ1) is 17.5. The molecule has 1 N–H and O–H groups in total. The fraction of sp³-hybridized carbons (Fsp3) is 0.300. The van der Waals surface area contributed by atoms with Crippen LogP contribution in [-0.2, 0) is 14.9 Å². The van der Waals surface area contributed by atoms with E-state index in [0.29, 0.717) is 5.75 Å². The Morgan fingerprint density at radius 1 is 1.20 bits per heavy atom. The van der Waals surface area contributed by atoms with Gasteiger partial charge in [-0.2, -0.15) is 0 Å². The number of benzene rings is 1. The van der Waals surface area contributed by atoms with E-state index in [2.05, 4.69) is 59.7 Å². The fourth-order valence-electron chi connectivity index (χ4n) is 2.58. The number of ether oxygens (including phenoxy) is 1. The Kier molecular flexibility index (Phi) is 4.86. The van der Waals surface area contributed by atoms with Crippen molar-refractivity contribution in [3.63, 3.8) is 0 Å². The maximum atomic E-state index is 11.3. The average molecular weight is 354 g/mol. The third kappa shape index (κ3) is 4.04. The number of carbonyl (C=O) groups is 1. The van der Waals surface area contributed by atoms with Gasteiger partial charge >= 0.3 is 5.97 Å². The van der Waals surface area contributed by atoms with Crippen molar-refractivity contribution in [3.8, 4) is 11.4 Å². The number of fused-ring (bicyclic) bond motifs is 1. The number of hydrogen-bond acceptors (Lipinski definition) is 4. The molecule has 3 aromatic rings. The summed E-state index contributed by atoms with van der Waals surface area (Å²) in [6, 6.07) is 12.4. The Morgan fingerprint density at radius 2 is 2.00 bits per heavy atom. The smallest absolute Gasteiger partial charge is 0.315 e. The fourth-order valence-corrected chi connectivity index (χ4v) is 3.36. The minimum absolute atomic E-state index is 0.0847. The molecule has 0 aliphatic rings. The van der Waals surface area contributed by atoms with E-state index in [9.17, 15) is 4.79 Å². The van der Waals surface area contributed by atoms with Gasteiger partial charge in [0, 0.05) is 22.0 Å². The Hall–Kier alpha value is -2.27. The molecule has 0 atom stereocenters. The predicted octanol–water partition coefficient (Wildman–Crippen LogP) is 4.79. The van der Waals surface area contributed by atoms with Crippen molar-refractivity contribution < 1.29 is 9.53 Å². The second-order valence-electron chi connectivity index (χ2n) is 6.98. The number of aromatic amines is 1. The van der Waals surface area contributed by atoms with Gasteiger partial charge in [0.25, 0.3) is 0 Å². The third-order valence-electron chi connectivity index (χ3n) is 4.08. The number of hydrogen-bond donors (Lipinski definition) is 1. The molecule has 0 unspecified atom stereocenters. The second-order valence-corrected chi connectivity index (χ2v) is 8.03. The van der Waals surface area contributed by atoms with Crippen LogP contribution in [0, 0.1) is 0 Å². The summed E-state index contributed by atoms with van der Waals surface area (Å²) in [7, 11) is 1.41. The maximum absolute atomic E-state index is 11.3. The van der Waals surface area contributed by atoms with Gasteiger partial charge in [-0.25, -0.2) is 0 Å². The molecule has 130 valence electrons. The topological polar surface area (TPSA) is 55.0 Å². The molecular formula is C20H22N2O2S. The number of carbonyl (C=O) groups excluding carboxylic acids is 1. The van der Waals surface area contributed by atoms with E-state index in [4.69, 9.17) is 0 Å². The monoisotopic (exact) mass is 354 g/mol. The van der Waals surface area contributed by atoms with Gasteiger partial charge in [0.05, 0.1) is 24.3 Å². The highest BCUT2D eigenvalue weighted by Gasteiger charge is 2.15. The first-order valence-electron chi connectivity index (χ1n) is 8.16. The highest BCUT2D eigenvalue weighted by molar-refractivity contribution is 8.00. The van der Waals surface area contributed by atoms with E-state index < -0.39 is 0 Å². The number of esters is 1. The summed E-state index contributed by atoms with van der Waals surface area (Å²) in [5.74, 6) is 0.0946.